The standard InChI is InChI=1S/C9H14ClNS2/c1-7(3-10)4-12-5-9-6-13-8(2)11-9/h6-7H,3-5H2,1-2H3. The number of hydrogen-bond acceptors (Lipinski definition) is 3. The van der Waals surface area contributed by atoms with Gasteiger partial charge in [0.2, 0.25) is 0 Å². The smallest absolute Gasteiger partial charge is 0.0897 e. The minimum absolute atomic E-state index is 0.603. The second kappa shape index (κ2) is 5.89. The molecule has 1 nitrogen and oxygen atoms in total. The Balaban J connectivity index is 2.20. The van der Waals surface area contributed by atoms with E-state index in [9.17, 15) is 0 Å². The van der Waals surface area contributed by atoms with Gasteiger partial charge in [-0.1, -0.05) is 6.92 Å². The Morgan fingerprint density at radius 1 is 1.69 bits per heavy atom. The number of hydrogen-bond donors (Lipinski definition) is 0. The van der Waals surface area contributed by atoms with E-state index in [4.69, 9.17) is 11.6 Å². The van der Waals surface area contributed by atoms with Crippen LogP contribution in [0.1, 0.15) is 17.6 Å². The zero-order valence-corrected chi connectivity index (χ0v) is 10.3. The molecule has 1 heterocycles. The van der Waals surface area contributed by atoms with Crippen LogP contribution >= 0.6 is 34.7 Å². The summed E-state index contributed by atoms with van der Waals surface area (Å²) in [5.41, 5.74) is 1.20. The third-order valence-corrected chi connectivity index (χ3v) is 4.24. The van der Waals surface area contributed by atoms with Gasteiger partial charge >= 0.3 is 0 Å². The zero-order chi connectivity index (χ0) is 9.68. The van der Waals surface area contributed by atoms with E-state index >= 15 is 0 Å². The van der Waals surface area contributed by atoms with E-state index in [2.05, 4.69) is 17.3 Å². The van der Waals surface area contributed by atoms with Crippen LogP contribution < -0.4 is 0 Å². The number of aromatic nitrogens is 1. The van der Waals surface area contributed by atoms with Gasteiger partial charge in [-0.15, -0.1) is 22.9 Å². The van der Waals surface area contributed by atoms with Crippen LogP contribution in [0.15, 0.2) is 5.38 Å². The fourth-order valence-electron chi connectivity index (χ4n) is 0.884. The summed E-state index contributed by atoms with van der Waals surface area (Å²) in [6.07, 6.45) is 0. The highest BCUT2D eigenvalue weighted by molar-refractivity contribution is 7.98. The molecule has 0 aliphatic rings. The van der Waals surface area contributed by atoms with Crippen molar-refractivity contribution < 1.29 is 0 Å². The van der Waals surface area contributed by atoms with Gasteiger partial charge < -0.3 is 0 Å². The maximum absolute atomic E-state index is 5.71. The number of rotatable bonds is 5. The first-order valence-corrected chi connectivity index (χ1v) is 6.84. The molecule has 1 atom stereocenters. The van der Waals surface area contributed by atoms with Crippen LogP contribution in [0, 0.1) is 12.8 Å². The Bertz CT molecular complexity index is 250. The van der Waals surface area contributed by atoms with Gasteiger partial charge in [0, 0.05) is 17.0 Å². The van der Waals surface area contributed by atoms with Crippen LogP contribution in [0.25, 0.3) is 0 Å². The Labute approximate surface area is 92.9 Å². The highest BCUT2D eigenvalue weighted by atomic mass is 35.5. The largest absolute Gasteiger partial charge is 0.246 e. The van der Waals surface area contributed by atoms with Gasteiger partial charge in [-0.05, 0) is 18.6 Å². The maximum Gasteiger partial charge on any atom is 0.0897 e. The lowest BCUT2D eigenvalue weighted by molar-refractivity contribution is 0.759. The van der Waals surface area contributed by atoms with E-state index in [0.717, 1.165) is 22.4 Å². The summed E-state index contributed by atoms with van der Waals surface area (Å²) in [6.45, 7) is 4.21. The second-order valence-corrected chi connectivity index (χ2v) is 5.53. The fraction of sp³-hybridized carbons (Fsp3) is 0.667. The molecule has 1 unspecified atom stereocenters. The predicted octanol–water partition coefficient (Wildman–Crippen LogP) is 3.56. The normalized spacial score (nSPS) is 13.2. The lowest BCUT2D eigenvalue weighted by atomic mass is 10.3. The Hall–Kier alpha value is 0.270. The van der Waals surface area contributed by atoms with Crippen LogP contribution in [-0.4, -0.2) is 16.6 Å². The van der Waals surface area contributed by atoms with E-state index in [1.54, 1.807) is 11.3 Å². The average molecular weight is 236 g/mol. The molecule has 0 radical (unpaired) electrons. The Kier molecular flexibility index (Phi) is 5.14. The summed E-state index contributed by atoms with van der Waals surface area (Å²) >= 11 is 9.34. The number of alkyl halides is 1. The first-order valence-electron chi connectivity index (χ1n) is 4.27. The van der Waals surface area contributed by atoms with Crippen molar-refractivity contribution in [2.45, 2.75) is 19.6 Å². The molecule has 74 valence electrons. The van der Waals surface area contributed by atoms with Gasteiger partial charge in [-0.2, -0.15) is 11.8 Å². The minimum Gasteiger partial charge on any atom is -0.246 e. The van der Waals surface area contributed by atoms with Crippen molar-refractivity contribution in [2.24, 2.45) is 5.92 Å². The van der Waals surface area contributed by atoms with Crippen molar-refractivity contribution in [1.29, 1.82) is 0 Å². The summed E-state index contributed by atoms with van der Waals surface area (Å²) in [4.78, 5) is 4.40. The highest BCUT2D eigenvalue weighted by Crippen LogP contribution is 2.17. The van der Waals surface area contributed by atoms with Crippen LogP contribution in [0.5, 0.6) is 0 Å². The molecule has 0 spiro atoms. The molecule has 0 saturated carbocycles. The van der Waals surface area contributed by atoms with Gasteiger partial charge in [0.25, 0.3) is 0 Å². The van der Waals surface area contributed by atoms with E-state index in [1.807, 2.05) is 18.7 Å². The molecule has 1 aromatic heterocycles. The first kappa shape index (κ1) is 11.3. The lowest BCUT2D eigenvalue weighted by Crippen LogP contribution is -1.99. The molecular formula is C9H14ClNS2. The summed E-state index contributed by atoms with van der Waals surface area (Å²) in [7, 11) is 0. The van der Waals surface area contributed by atoms with Crippen LogP contribution in [-0.2, 0) is 5.75 Å². The number of aryl methyl sites for hydroxylation is 1. The van der Waals surface area contributed by atoms with Crippen molar-refractivity contribution in [3.63, 3.8) is 0 Å². The molecule has 0 amide bonds. The SMILES string of the molecule is Cc1nc(CSCC(C)CCl)cs1. The van der Waals surface area contributed by atoms with Gasteiger partial charge in [0.1, 0.15) is 0 Å². The van der Waals surface area contributed by atoms with E-state index in [-0.39, 0.29) is 0 Å². The first-order chi connectivity index (χ1) is 6.22. The Morgan fingerprint density at radius 2 is 2.46 bits per heavy atom. The molecule has 0 aliphatic heterocycles. The van der Waals surface area contributed by atoms with Crippen LogP contribution in [0.2, 0.25) is 0 Å². The van der Waals surface area contributed by atoms with Crippen molar-refractivity contribution in [3.8, 4) is 0 Å². The number of halogens is 1. The molecule has 1 rings (SSSR count). The predicted molar refractivity (Wildman–Crippen MR) is 62.9 cm³/mol. The van der Waals surface area contributed by atoms with Crippen molar-refractivity contribution >= 4 is 34.7 Å². The molecular weight excluding hydrogens is 222 g/mol. The van der Waals surface area contributed by atoms with Crippen LogP contribution in [0.4, 0.5) is 0 Å². The van der Waals surface area contributed by atoms with E-state index < -0.39 is 0 Å². The second-order valence-electron chi connectivity index (χ2n) is 3.13. The molecule has 0 aliphatic carbocycles. The van der Waals surface area contributed by atoms with Crippen LogP contribution in [0.3, 0.4) is 0 Å². The summed E-state index contributed by atoms with van der Waals surface area (Å²) in [5, 5.41) is 3.29. The van der Waals surface area contributed by atoms with E-state index in [0.29, 0.717) is 5.92 Å². The summed E-state index contributed by atoms with van der Waals surface area (Å²) in [6, 6.07) is 0. The number of thioether (sulfide) groups is 1. The van der Waals surface area contributed by atoms with Crippen molar-refractivity contribution in [2.75, 3.05) is 11.6 Å². The summed E-state index contributed by atoms with van der Waals surface area (Å²) < 4.78 is 0. The molecule has 1 aromatic rings. The molecule has 0 saturated heterocycles. The zero-order valence-electron chi connectivity index (χ0n) is 7.92. The third-order valence-electron chi connectivity index (χ3n) is 1.58. The third kappa shape index (κ3) is 4.34. The molecule has 0 aromatic carbocycles. The monoisotopic (exact) mass is 235 g/mol. The molecule has 0 fully saturated rings. The van der Waals surface area contributed by atoms with Crippen molar-refractivity contribution in [1.82, 2.24) is 4.98 Å². The quantitative estimate of drug-likeness (QED) is 0.724. The minimum atomic E-state index is 0.603. The fourth-order valence-corrected chi connectivity index (χ4v) is 2.84. The topological polar surface area (TPSA) is 12.9 Å². The highest BCUT2D eigenvalue weighted by Gasteiger charge is 2.02. The maximum atomic E-state index is 5.71. The van der Waals surface area contributed by atoms with E-state index in [1.165, 1.54) is 5.69 Å². The Morgan fingerprint density at radius 3 is 3.00 bits per heavy atom. The van der Waals surface area contributed by atoms with Gasteiger partial charge in [-0.3, -0.25) is 0 Å². The lowest BCUT2D eigenvalue weighted by Gasteiger charge is -2.04. The van der Waals surface area contributed by atoms with Gasteiger partial charge in [0.05, 0.1) is 10.7 Å². The molecule has 0 N–H and O–H groups in total. The number of nitrogens with zero attached hydrogens (tertiary/aromatic N) is 1. The van der Waals surface area contributed by atoms with Gasteiger partial charge in [0.15, 0.2) is 0 Å². The molecule has 4 heteroatoms. The summed E-state index contributed by atoms with van der Waals surface area (Å²) in [5.74, 6) is 3.50. The molecule has 13 heavy (non-hydrogen) atoms. The average Bonchev–Trinajstić information content (AvgIpc) is 2.51. The van der Waals surface area contributed by atoms with Crippen molar-refractivity contribution in [3.05, 3.63) is 16.1 Å². The van der Waals surface area contributed by atoms with Gasteiger partial charge in [-0.25, -0.2) is 4.98 Å². The number of thiazole rings is 1. The molecule has 0 bridgehead atoms.